The van der Waals surface area contributed by atoms with Crippen LogP contribution in [0.1, 0.15) is 35.2 Å². The summed E-state index contributed by atoms with van der Waals surface area (Å²) in [5.41, 5.74) is 6.64. The van der Waals surface area contributed by atoms with Gasteiger partial charge in [-0.05, 0) is 55.3 Å². The van der Waals surface area contributed by atoms with Crippen LogP contribution in [0.5, 0.6) is 5.75 Å². The number of carbonyl (C=O) groups is 2. The molecule has 1 aliphatic rings. The molecule has 1 heterocycles. The number of nitrogens with zero attached hydrogens (tertiary/aromatic N) is 1. The Labute approximate surface area is 151 Å². The van der Waals surface area contributed by atoms with Gasteiger partial charge in [0.25, 0.3) is 11.8 Å². The molecule has 0 bridgehead atoms. The fourth-order valence-corrected chi connectivity index (χ4v) is 3.30. The number of ether oxygens (including phenoxy) is 1. The largest absolute Gasteiger partial charge is 0.484 e. The van der Waals surface area contributed by atoms with Crippen molar-refractivity contribution in [1.82, 2.24) is 4.90 Å². The molecule has 2 unspecified atom stereocenters. The lowest BCUT2D eigenvalue weighted by atomic mass is 9.97. The smallest absolute Gasteiger partial charge is 0.255 e. The zero-order valence-corrected chi connectivity index (χ0v) is 14.5. The molecule has 0 radical (unpaired) electrons. The fourth-order valence-electron chi connectivity index (χ4n) is 3.30. The highest BCUT2D eigenvalue weighted by Gasteiger charge is 2.33. The lowest BCUT2D eigenvalue weighted by molar-refractivity contribution is -0.119. The molecule has 2 atom stereocenters. The molecule has 0 aromatic heterocycles. The Morgan fingerprint density at radius 2 is 1.81 bits per heavy atom. The van der Waals surface area contributed by atoms with Crippen molar-refractivity contribution < 1.29 is 18.7 Å². The molecule has 1 fully saturated rings. The zero-order valence-electron chi connectivity index (χ0n) is 14.5. The van der Waals surface area contributed by atoms with Gasteiger partial charge in [0.1, 0.15) is 11.6 Å². The number of hydrogen-bond donors (Lipinski definition) is 1. The van der Waals surface area contributed by atoms with Crippen molar-refractivity contribution in [3.05, 3.63) is 65.5 Å². The predicted molar refractivity (Wildman–Crippen MR) is 95.4 cm³/mol. The molecule has 0 spiro atoms. The molecule has 6 heteroatoms. The average Bonchev–Trinajstić information content (AvgIpc) is 3.02. The van der Waals surface area contributed by atoms with E-state index < -0.39 is 5.91 Å². The van der Waals surface area contributed by atoms with Crippen LogP contribution in [-0.2, 0) is 4.79 Å². The number of nitrogens with two attached hydrogens (primary N) is 1. The molecular weight excluding hydrogens is 335 g/mol. The third-order valence-corrected chi connectivity index (χ3v) is 4.66. The number of hydrogen-bond acceptors (Lipinski definition) is 3. The van der Waals surface area contributed by atoms with Crippen molar-refractivity contribution in [1.29, 1.82) is 0 Å². The zero-order chi connectivity index (χ0) is 18.7. The molecule has 5 nitrogen and oxygen atoms in total. The molecule has 1 aliphatic heterocycles. The van der Waals surface area contributed by atoms with Gasteiger partial charge in [0.2, 0.25) is 0 Å². The lowest BCUT2D eigenvalue weighted by Crippen LogP contribution is -2.33. The Hall–Kier alpha value is -2.89. The molecular formula is C20H21FN2O3. The van der Waals surface area contributed by atoms with Crippen molar-refractivity contribution in [2.75, 3.05) is 13.2 Å². The van der Waals surface area contributed by atoms with Gasteiger partial charge in [-0.25, -0.2) is 4.39 Å². The third-order valence-electron chi connectivity index (χ3n) is 4.66. The van der Waals surface area contributed by atoms with E-state index in [1.807, 2.05) is 11.8 Å². The molecule has 0 saturated carbocycles. The third kappa shape index (κ3) is 4.02. The van der Waals surface area contributed by atoms with E-state index in [0.717, 1.165) is 12.0 Å². The second-order valence-corrected chi connectivity index (χ2v) is 6.57. The van der Waals surface area contributed by atoms with Gasteiger partial charge in [-0.3, -0.25) is 9.59 Å². The summed E-state index contributed by atoms with van der Waals surface area (Å²) in [4.78, 5) is 25.4. The number of halogens is 1. The first-order chi connectivity index (χ1) is 12.4. The van der Waals surface area contributed by atoms with Crippen LogP contribution in [0.25, 0.3) is 0 Å². The minimum absolute atomic E-state index is 0.0523. The van der Waals surface area contributed by atoms with Gasteiger partial charge < -0.3 is 15.4 Å². The Kier molecular flexibility index (Phi) is 5.21. The van der Waals surface area contributed by atoms with E-state index >= 15 is 0 Å². The number of rotatable bonds is 5. The monoisotopic (exact) mass is 356 g/mol. The second-order valence-electron chi connectivity index (χ2n) is 6.57. The van der Waals surface area contributed by atoms with Gasteiger partial charge in [0, 0.05) is 24.1 Å². The van der Waals surface area contributed by atoms with Gasteiger partial charge in [-0.1, -0.05) is 12.1 Å². The number of carbonyl (C=O) groups excluding carboxylic acids is 2. The summed E-state index contributed by atoms with van der Waals surface area (Å²) >= 11 is 0. The molecule has 2 aromatic rings. The van der Waals surface area contributed by atoms with Gasteiger partial charge in [0.05, 0.1) is 0 Å². The van der Waals surface area contributed by atoms with E-state index in [-0.39, 0.29) is 30.3 Å². The van der Waals surface area contributed by atoms with E-state index in [1.54, 1.807) is 36.4 Å². The van der Waals surface area contributed by atoms with Crippen molar-refractivity contribution in [3.8, 4) is 5.75 Å². The number of likely N-dealkylation sites (tertiary alicyclic amines) is 1. The number of benzene rings is 2. The second kappa shape index (κ2) is 7.56. The molecule has 0 aliphatic carbocycles. The topological polar surface area (TPSA) is 72.6 Å². The van der Waals surface area contributed by atoms with Crippen molar-refractivity contribution in [3.63, 3.8) is 0 Å². The molecule has 1 saturated heterocycles. The van der Waals surface area contributed by atoms with Crippen LogP contribution in [0.15, 0.2) is 48.5 Å². The molecule has 136 valence electrons. The average molecular weight is 356 g/mol. The highest BCUT2D eigenvalue weighted by Crippen LogP contribution is 2.32. The van der Waals surface area contributed by atoms with E-state index in [9.17, 15) is 14.0 Å². The maximum atomic E-state index is 13.1. The van der Waals surface area contributed by atoms with E-state index in [4.69, 9.17) is 10.5 Å². The number of amides is 2. The summed E-state index contributed by atoms with van der Waals surface area (Å²) in [6, 6.07) is 13.2. The molecule has 26 heavy (non-hydrogen) atoms. The fraction of sp³-hybridized carbons (Fsp3) is 0.300. The Bertz CT molecular complexity index is 790. The summed E-state index contributed by atoms with van der Waals surface area (Å²) in [5.74, 6) is -0.176. The van der Waals surface area contributed by atoms with Crippen molar-refractivity contribution >= 4 is 11.8 Å². The van der Waals surface area contributed by atoms with Gasteiger partial charge >= 0.3 is 0 Å². The van der Waals surface area contributed by atoms with E-state index in [1.165, 1.54) is 12.1 Å². The van der Waals surface area contributed by atoms with Gasteiger partial charge in [0.15, 0.2) is 6.61 Å². The van der Waals surface area contributed by atoms with Crippen LogP contribution in [0.3, 0.4) is 0 Å². The van der Waals surface area contributed by atoms with Crippen LogP contribution in [0.2, 0.25) is 0 Å². The van der Waals surface area contributed by atoms with Gasteiger partial charge in [-0.2, -0.15) is 0 Å². The van der Waals surface area contributed by atoms with E-state index in [0.29, 0.717) is 17.9 Å². The number of primary amides is 1. The minimum atomic E-state index is -0.553. The van der Waals surface area contributed by atoms with Crippen molar-refractivity contribution in [2.45, 2.75) is 25.3 Å². The summed E-state index contributed by atoms with van der Waals surface area (Å²) in [5, 5.41) is 0. The first kappa shape index (κ1) is 17.9. The normalized spacial score (nSPS) is 19.4. The van der Waals surface area contributed by atoms with E-state index in [2.05, 4.69) is 0 Å². The molecule has 2 aromatic carbocycles. The summed E-state index contributed by atoms with van der Waals surface area (Å²) in [6.45, 7) is 2.42. The van der Waals surface area contributed by atoms with Crippen LogP contribution >= 0.6 is 0 Å². The van der Waals surface area contributed by atoms with Gasteiger partial charge in [-0.15, -0.1) is 0 Å². The SMILES string of the molecule is CC1CC(c2ccc(F)cc2)CN1C(=O)c1ccc(OCC(N)=O)cc1. The van der Waals surface area contributed by atoms with Crippen LogP contribution in [0, 0.1) is 5.82 Å². The van der Waals surface area contributed by atoms with Crippen molar-refractivity contribution in [2.24, 2.45) is 5.73 Å². The van der Waals surface area contributed by atoms with Crippen LogP contribution in [0.4, 0.5) is 4.39 Å². The standard InChI is InChI=1S/C20H21FN2O3/c1-13-10-16(14-2-6-17(21)7-3-14)11-23(13)20(25)15-4-8-18(9-5-15)26-12-19(22)24/h2-9,13,16H,10-12H2,1H3,(H2,22,24). The molecule has 2 amide bonds. The maximum Gasteiger partial charge on any atom is 0.255 e. The maximum absolute atomic E-state index is 13.1. The lowest BCUT2D eigenvalue weighted by Gasteiger charge is -2.21. The summed E-state index contributed by atoms with van der Waals surface area (Å²) in [7, 11) is 0. The predicted octanol–water partition coefficient (Wildman–Crippen LogP) is 2.71. The highest BCUT2D eigenvalue weighted by atomic mass is 19.1. The quantitative estimate of drug-likeness (QED) is 0.895. The molecule has 3 rings (SSSR count). The highest BCUT2D eigenvalue weighted by molar-refractivity contribution is 5.94. The Morgan fingerprint density at radius 3 is 2.42 bits per heavy atom. The first-order valence-corrected chi connectivity index (χ1v) is 8.51. The minimum Gasteiger partial charge on any atom is -0.484 e. The van der Waals surface area contributed by atoms with Crippen LogP contribution < -0.4 is 10.5 Å². The first-order valence-electron chi connectivity index (χ1n) is 8.51. The summed E-state index contributed by atoms with van der Waals surface area (Å²) < 4.78 is 18.3. The Morgan fingerprint density at radius 1 is 1.15 bits per heavy atom. The molecule has 2 N–H and O–H groups in total. The summed E-state index contributed by atoms with van der Waals surface area (Å²) in [6.07, 6.45) is 0.844. The van der Waals surface area contributed by atoms with Crippen LogP contribution in [-0.4, -0.2) is 35.9 Å². The Balaban J connectivity index is 1.67.